The molecule has 114 valence electrons. The number of benzene rings is 1. The van der Waals surface area contributed by atoms with Gasteiger partial charge in [0.05, 0.1) is 10.6 Å². The van der Waals surface area contributed by atoms with Gasteiger partial charge < -0.3 is 4.90 Å². The van der Waals surface area contributed by atoms with Crippen LogP contribution in [-0.2, 0) is 0 Å². The summed E-state index contributed by atoms with van der Waals surface area (Å²) in [4.78, 5) is 12.6. The van der Waals surface area contributed by atoms with Crippen molar-refractivity contribution in [3.8, 4) is 0 Å². The van der Waals surface area contributed by atoms with E-state index in [1.807, 2.05) is 6.21 Å². The lowest BCUT2D eigenvalue weighted by Gasteiger charge is -2.25. The van der Waals surface area contributed by atoms with E-state index < -0.39 is 4.92 Å². The van der Waals surface area contributed by atoms with Crippen molar-refractivity contribution in [2.24, 2.45) is 5.10 Å². The van der Waals surface area contributed by atoms with Gasteiger partial charge in [0, 0.05) is 18.3 Å². The van der Waals surface area contributed by atoms with Gasteiger partial charge in [-0.3, -0.25) is 15.5 Å². The Labute approximate surface area is 125 Å². The molecule has 0 saturated carbocycles. The van der Waals surface area contributed by atoms with Gasteiger partial charge in [-0.15, -0.1) is 0 Å². The molecular formula is C15H22N4O2. The number of hydrogen-bond donors (Lipinski definition) is 1. The van der Waals surface area contributed by atoms with Gasteiger partial charge >= 0.3 is 0 Å². The first kappa shape index (κ1) is 15.4. The number of likely N-dealkylation sites (tertiary alicyclic amines) is 1. The lowest BCUT2D eigenvalue weighted by Crippen LogP contribution is -2.30. The van der Waals surface area contributed by atoms with Gasteiger partial charge in [-0.05, 0) is 57.5 Å². The Balaban J connectivity index is 1.62. The van der Waals surface area contributed by atoms with Gasteiger partial charge in [0.2, 0.25) is 0 Å². The third-order valence-electron chi connectivity index (χ3n) is 3.62. The van der Waals surface area contributed by atoms with Gasteiger partial charge in [0.1, 0.15) is 0 Å². The van der Waals surface area contributed by atoms with Crippen LogP contribution in [0.15, 0.2) is 29.4 Å². The largest absolute Gasteiger partial charge is 0.303 e. The molecule has 1 saturated heterocycles. The number of nitrogens with one attached hydrogen (secondary N) is 1. The highest BCUT2D eigenvalue weighted by atomic mass is 16.6. The van der Waals surface area contributed by atoms with Crippen molar-refractivity contribution in [2.45, 2.75) is 32.1 Å². The monoisotopic (exact) mass is 290 g/mol. The molecule has 0 spiro atoms. The summed E-state index contributed by atoms with van der Waals surface area (Å²) < 4.78 is 0. The second-order valence-electron chi connectivity index (χ2n) is 5.27. The SMILES string of the molecule is O=[N+]([O-])c1ccc(N/N=C/CCCN2CCCCC2)cc1. The van der Waals surface area contributed by atoms with E-state index in [0.29, 0.717) is 0 Å². The summed E-state index contributed by atoms with van der Waals surface area (Å²) >= 11 is 0. The zero-order valence-electron chi connectivity index (χ0n) is 12.2. The summed E-state index contributed by atoms with van der Waals surface area (Å²) in [5.74, 6) is 0. The number of nitrogens with zero attached hydrogens (tertiary/aromatic N) is 3. The molecule has 0 aliphatic carbocycles. The fraction of sp³-hybridized carbons (Fsp3) is 0.533. The van der Waals surface area contributed by atoms with Crippen LogP contribution in [-0.4, -0.2) is 35.7 Å². The number of anilines is 1. The number of non-ortho nitro benzene ring substituents is 1. The van der Waals surface area contributed by atoms with E-state index in [9.17, 15) is 10.1 Å². The van der Waals surface area contributed by atoms with E-state index in [2.05, 4.69) is 15.4 Å². The van der Waals surface area contributed by atoms with Crippen molar-refractivity contribution >= 4 is 17.6 Å². The van der Waals surface area contributed by atoms with Crippen molar-refractivity contribution in [3.05, 3.63) is 34.4 Å². The molecule has 2 rings (SSSR count). The zero-order chi connectivity index (χ0) is 14.9. The minimum atomic E-state index is -0.409. The zero-order valence-corrected chi connectivity index (χ0v) is 12.2. The van der Waals surface area contributed by atoms with Gasteiger partial charge in [-0.25, -0.2) is 0 Å². The van der Waals surface area contributed by atoms with E-state index in [4.69, 9.17) is 0 Å². The molecule has 1 aliphatic rings. The fourth-order valence-corrected chi connectivity index (χ4v) is 2.43. The minimum Gasteiger partial charge on any atom is -0.303 e. The molecule has 1 fully saturated rings. The third kappa shape index (κ3) is 5.51. The molecule has 0 radical (unpaired) electrons. The van der Waals surface area contributed by atoms with E-state index >= 15 is 0 Å². The van der Waals surface area contributed by atoms with Gasteiger partial charge in [0.15, 0.2) is 0 Å². The second kappa shape index (κ2) is 8.36. The number of rotatable bonds is 7. The maximum Gasteiger partial charge on any atom is 0.269 e. The number of piperidine rings is 1. The lowest BCUT2D eigenvalue weighted by atomic mass is 10.1. The molecule has 6 heteroatoms. The molecule has 0 amide bonds. The Morgan fingerprint density at radius 3 is 2.62 bits per heavy atom. The van der Waals surface area contributed by atoms with Crippen molar-refractivity contribution in [2.75, 3.05) is 25.1 Å². The standard InChI is InChI=1S/C15H22N4O2/c20-19(21)15-8-6-14(7-9-15)17-16-10-2-5-13-18-11-3-1-4-12-18/h6-10,17H,1-5,11-13H2/b16-10+. The summed E-state index contributed by atoms with van der Waals surface area (Å²) in [5, 5.41) is 14.7. The maximum atomic E-state index is 10.5. The number of nitro groups is 1. The Bertz CT molecular complexity index is 467. The molecule has 1 N–H and O–H groups in total. The van der Waals surface area contributed by atoms with Crippen LogP contribution in [0.2, 0.25) is 0 Å². The van der Waals surface area contributed by atoms with Crippen molar-refractivity contribution < 1.29 is 4.92 Å². The highest BCUT2D eigenvalue weighted by molar-refractivity contribution is 5.59. The van der Waals surface area contributed by atoms with E-state index in [1.165, 1.54) is 44.5 Å². The van der Waals surface area contributed by atoms with Crippen LogP contribution in [0, 0.1) is 10.1 Å². The molecule has 1 aliphatic heterocycles. The van der Waals surface area contributed by atoms with E-state index in [1.54, 1.807) is 12.1 Å². The average molecular weight is 290 g/mol. The van der Waals surface area contributed by atoms with Crippen LogP contribution in [0.3, 0.4) is 0 Å². The summed E-state index contributed by atoms with van der Waals surface area (Å²) in [5.41, 5.74) is 3.73. The molecule has 21 heavy (non-hydrogen) atoms. The number of unbranched alkanes of at least 4 members (excludes halogenated alkanes) is 1. The molecular weight excluding hydrogens is 268 g/mol. The number of hydrogen-bond acceptors (Lipinski definition) is 5. The third-order valence-corrected chi connectivity index (χ3v) is 3.62. The summed E-state index contributed by atoms with van der Waals surface area (Å²) in [6.45, 7) is 3.61. The minimum absolute atomic E-state index is 0.0889. The quantitative estimate of drug-likeness (QED) is 0.362. The van der Waals surface area contributed by atoms with Gasteiger partial charge in [-0.1, -0.05) is 6.42 Å². The second-order valence-corrected chi connectivity index (χ2v) is 5.27. The fourth-order valence-electron chi connectivity index (χ4n) is 2.43. The predicted molar refractivity (Wildman–Crippen MR) is 84.7 cm³/mol. The first-order valence-corrected chi connectivity index (χ1v) is 7.50. The highest BCUT2D eigenvalue weighted by Gasteiger charge is 2.08. The van der Waals surface area contributed by atoms with Crippen LogP contribution in [0.25, 0.3) is 0 Å². The van der Waals surface area contributed by atoms with Gasteiger partial charge in [0.25, 0.3) is 5.69 Å². The van der Waals surface area contributed by atoms with E-state index in [-0.39, 0.29) is 5.69 Å². The molecule has 0 unspecified atom stereocenters. The molecule has 1 heterocycles. The Kier molecular flexibility index (Phi) is 6.15. The van der Waals surface area contributed by atoms with Gasteiger partial charge in [-0.2, -0.15) is 5.10 Å². The molecule has 0 bridgehead atoms. The van der Waals surface area contributed by atoms with Crippen molar-refractivity contribution in [3.63, 3.8) is 0 Å². The van der Waals surface area contributed by atoms with Crippen LogP contribution < -0.4 is 5.43 Å². The lowest BCUT2D eigenvalue weighted by molar-refractivity contribution is -0.384. The molecule has 0 aromatic heterocycles. The van der Waals surface area contributed by atoms with E-state index in [0.717, 1.165) is 25.1 Å². The Hall–Kier alpha value is -1.95. The molecule has 0 atom stereocenters. The Morgan fingerprint density at radius 2 is 1.95 bits per heavy atom. The first-order chi connectivity index (χ1) is 10.3. The Morgan fingerprint density at radius 1 is 1.24 bits per heavy atom. The topological polar surface area (TPSA) is 70.8 Å². The summed E-state index contributed by atoms with van der Waals surface area (Å²) in [6.07, 6.45) is 7.95. The molecule has 6 nitrogen and oxygen atoms in total. The summed E-state index contributed by atoms with van der Waals surface area (Å²) in [7, 11) is 0. The predicted octanol–water partition coefficient (Wildman–Crippen LogP) is 3.26. The molecule has 1 aromatic rings. The van der Waals surface area contributed by atoms with Crippen LogP contribution >= 0.6 is 0 Å². The number of hydrazone groups is 1. The van der Waals surface area contributed by atoms with Crippen LogP contribution in [0.4, 0.5) is 11.4 Å². The van der Waals surface area contributed by atoms with Crippen molar-refractivity contribution in [1.29, 1.82) is 0 Å². The maximum absolute atomic E-state index is 10.5. The summed E-state index contributed by atoms with van der Waals surface area (Å²) in [6, 6.07) is 6.24. The highest BCUT2D eigenvalue weighted by Crippen LogP contribution is 2.15. The van der Waals surface area contributed by atoms with Crippen LogP contribution in [0.5, 0.6) is 0 Å². The smallest absolute Gasteiger partial charge is 0.269 e. The first-order valence-electron chi connectivity index (χ1n) is 7.50. The average Bonchev–Trinajstić information content (AvgIpc) is 2.52. The van der Waals surface area contributed by atoms with Crippen LogP contribution in [0.1, 0.15) is 32.1 Å². The number of nitro benzene ring substituents is 1. The normalized spacial score (nSPS) is 16.2. The molecule has 1 aromatic carbocycles. The van der Waals surface area contributed by atoms with Crippen molar-refractivity contribution in [1.82, 2.24) is 4.90 Å².